The maximum absolute atomic E-state index is 12.4. The van der Waals surface area contributed by atoms with Crippen LogP contribution in [-0.4, -0.2) is 27.5 Å². The molecular formula is C24H26N2O4S. The van der Waals surface area contributed by atoms with Crippen molar-refractivity contribution in [2.45, 2.75) is 25.2 Å². The second-order valence-corrected chi connectivity index (χ2v) is 9.01. The van der Waals surface area contributed by atoms with Crippen LogP contribution < -0.4 is 14.8 Å². The first kappa shape index (κ1) is 22.5. The smallest absolute Gasteiger partial charge is 0.262 e. The number of hydrogen-bond donors (Lipinski definition) is 2. The normalized spacial score (nSPS) is 11.2. The largest absolute Gasteiger partial charge is 0.484 e. The number of rotatable bonds is 9. The summed E-state index contributed by atoms with van der Waals surface area (Å²) in [5, 5.41) is 2.78. The van der Waals surface area contributed by atoms with E-state index in [0.29, 0.717) is 24.4 Å². The number of anilines is 1. The highest BCUT2D eigenvalue weighted by atomic mass is 32.2. The van der Waals surface area contributed by atoms with Gasteiger partial charge in [-0.25, -0.2) is 13.1 Å². The Hall–Kier alpha value is -3.16. The van der Waals surface area contributed by atoms with E-state index in [9.17, 15) is 13.2 Å². The summed E-state index contributed by atoms with van der Waals surface area (Å²) < 4.78 is 32.9. The van der Waals surface area contributed by atoms with Gasteiger partial charge in [-0.3, -0.25) is 4.79 Å². The van der Waals surface area contributed by atoms with Crippen LogP contribution in [0.3, 0.4) is 0 Å². The second kappa shape index (κ2) is 10.2. The van der Waals surface area contributed by atoms with E-state index in [0.717, 1.165) is 16.7 Å². The van der Waals surface area contributed by atoms with Crippen LogP contribution in [0.4, 0.5) is 5.69 Å². The fourth-order valence-corrected chi connectivity index (χ4v) is 3.97. The number of amides is 1. The first-order valence-electron chi connectivity index (χ1n) is 9.97. The first-order chi connectivity index (χ1) is 14.8. The van der Waals surface area contributed by atoms with E-state index in [1.807, 2.05) is 62.4 Å². The number of carbonyl (C=O) groups excluding carboxylic acids is 1. The van der Waals surface area contributed by atoms with E-state index in [1.165, 1.54) is 24.3 Å². The van der Waals surface area contributed by atoms with Gasteiger partial charge >= 0.3 is 0 Å². The molecule has 0 atom stereocenters. The number of aryl methyl sites for hydroxylation is 2. The van der Waals surface area contributed by atoms with Crippen LogP contribution in [-0.2, 0) is 21.2 Å². The molecule has 7 heteroatoms. The van der Waals surface area contributed by atoms with Crippen molar-refractivity contribution in [2.24, 2.45) is 0 Å². The van der Waals surface area contributed by atoms with Gasteiger partial charge in [-0.15, -0.1) is 0 Å². The summed E-state index contributed by atoms with van der Waals surface area (Å²) in [6, 6.07) is 21.3. The molecule has 0 spiro atoms. The van der Waals surface area contributed by atoms with E-state index in [-0.39, 0.29) is 17.4 Å². The maximum Gasteiger partial charge on any atom is 0.262 e. The summed E-state index contributed by atoms with van der Waals surface area (Å²) in [7, 11) is -3.61. The van der Waals surface area contributed by atoms with E-state index in [2.05, 4.69) is 10.0 Å². The van der Waals surface area contributed by atoms with Gasteiger partial charge < -0.3 is 10.1 Å². The van der Waals surface area contributed by atoms with Crippen LogP contribution in [0.1, 0.15) is 16.7 Å². The lowest BCUT2D eigenvalue weighted by molar-refractivity contribution is -0.118. The van der Waals surface area contributed by atoms with Gasteiger partial charge in [-0.2, -0.15) is 0 Å². The molecule has 2 N–H and O–H groups in total. The zero-order chi connectivity index (χ0) is 22.3. The van der Waals surface area contributed by atoms with E-state index in [4.69, 9.17) is 4.74 Å². The van der Waals surface area contributed by atoms with Gasteiger partial charge in [-0.05, 0) is 73.4 Å². The van der Waals surface area contributed by atoms with E-state index in [1.54, 1.807) is 0 Å². The summed E-state index contributed by atoms with van der Waals surface area (Å²) in [4.78, 5) is 12.2. The molecule has 31 heavy (non-hydrogen) atoms. The lowest BCUT2D eigenvalue weighted by Crippen LogP contribution is -2.26. The number of sulfonamides is 1. The lowest BCUT2D eigenvalue weighted by atomic mass is 10.1. The Morgan fingerprint density at radius 2 is 1.61 bits per heavy atom. The highest BCUT2D eigenvalue weighted by Gasteiger charge is 2.13. The van der Waals surface area contributed by atoms with Crippen molar-refractivity contribution >= 4 is 21.6 Å². The Bertz CT molecular complexity index is 1130. The Morgan fingerprint density at radius 1 is 0.903 bits per heavy atom. The minimum atomic E-state index is -3.61. The maximum atomic E-state index is 12.4. The van der Waals surface area contributed by atoms with Gasteiger partial charge in [0.2, 0.25) is 10.0 Å². The third kappa shape index (κ3) is 6.67. The zero-order valence-electron chi connectivity index (χ0n) is 17.6. The average molecular weight is 439 g/mol. The highest BCUT2D eigenvalue weighted by molar-refractivity contribution is 7.89. The Kier molecular flexibility index (Phi) is 7.44. The minimum Gasteiger partial charge on any atom is -0.484 e. The molecule has 6 nitrogen and oxygen atoms in total. The van der Waals surface area contributed by atoms with Crippen LogP contribution in [0.5, 0.6) is 5.75 Å². The van der Waals surface area contributed by atoms with Crippen molar-refractivity contribution in [3.05, 3.63) is 89.5 Å². The summed E-state index contributed by atoms with van der Waals surface area (Å²) >= 11 is 0. The SMILES string of the molecule is Cc1ccc(NC(=O)COc2ccc(S(=O)(=O)NCCc3ccccc3)cc2)cc1C. The molecule has 3 aromatic carbocycles. The van der Waals surface area contributed by atoms with E-state index < -0.39 is 10.0 Å². The molecule has 162 valence electrons. The summed E-state index contributed by atoms with van der Waals surface area (Å²) in [5.41, 5.74) is 4.01. The number of hydrogen-bond acceptors (Lipinski definition) is 4. The summed E-state index contributed by atoms with van der Waals surface area (Å²) in [6.07, 6.45) is 0.608. The standard InChI is InChI=1S/C24H26N2O4S/c1-18-8-9-21(16-19(18)2)26-24(27)17-30-22-10-12-23(13-11-22)31(28,29)25-15-14-20-6-4-3-5-7-20/h3-13,16,25H,14-15,17H2,1-2H3,(H,26,27). The van der Waals surface area contributed by atoms with Gasteiger partial charge in [0.1, 0.15) is 5.75 Å². The van der Waals surface area contributed by atoms with Crippen molar-refractivity contribution in [2.75, 3.05) is 18.5 Å². The molecule has 0 fully saturated rings. The van der Waals surface area contributed by atoms with Gasteiger partial charge in [-0.1, -0.05) is 36.4 Å². The van der Waals surface area contributed by atoms with Crippen LogP contribution in [0, 0.1) is 13.8 Å². The molecule has 0 aliphatic rings. The van der Waals surface area contributed by atoms with Crippen LogP contribution in [0.15, 0.2) is 77.7 Å². The Labute approximate surface area is 183 Å². The zero-order valence-corrected chi connectivity index (χ0v) is 18.4. The van der Waals surface area contributed by atoms with Gasteiger partial charge in [0.05, 0.1) is 4.90 Å². The highest BCUT2D eigenvalue weighted by Crippen LogP contribution is 2.17. The molecule has 0 heterocycles. The van der Waals surface area contributed by atoms with Gasteiger partial charge in [0.15, 0.2) is 6.61 Å². The Morgan fingerprint density at radius 3 is 2.29 bits per heavy atom. The predicted molar refractivity (Wildman–Crippen MR) is 122 cm³/mol. The van der Waals surface area contributed by atoms with Crippen molar-refractivity contribution in [3.8, 4) is 5.75 Å². The lowest BCUT2D eigenvalue weighted by Gasteiger charge is -2.10. The van der Waals surface area contributed by atoms with Gasteiger partial charge in [0, 0.05) is 12.2 Å². The van der Waals surface area contributed by atoms with Crippen molar-refractivity contribution in [1.29, 1.82) is 0 Å². The van der Waals surface area contributed by atoms with Gasteiger partial charge in [0.25, 0.3) is 5.91 Å². The fraction of sp³-hybridized carbons (Fsp3) is 0.208. The monoisotopic (exact) mass is 438 g/mol. The third-order valence-electron chi connectivity index (χ3n) is 4.84. The number of benzene rings is 3. The fourth-order valence-electron chi connectivity index (χ4n) is 2.94. The molecule has 0 saturated heterocycles. The van der Waals surface area contributed by atoms with Crippen LogP contribution >= 0.6 is 0 Å². The third-order valence-corrected chi connectivity index (χ3v) is 6.32. The molecule has 0 radical (unpaired) electrons. The summed E-state index contributed by atoms with van der Waals surface area (Å²) in [5.74, 6) is 0.126. The molecule has 0 unspecified atom stereocenters. The number of ether oxygens (including phenoxy) is 1. The molecular weight excluding hydrogens is 412 g/mol. The molecule has 0 aliphatic carbocycles. The van der Waals surface area contributed by atoms with Crippen LogP contribution in [0.2, 0.25) is 0 Å². The molecule has 0 bridgehead atoms. The number of carbonyl (C=O) groups is 1. The predicted octanol–water partition coefficient (Wildman–Crippen LogP) is 3.84. The first-order valence-corrected chi connectivity index (χ1v) is 11.5. The average Bonchev–Trinajstić information content (AvgIpc) is 2.76. The topological polar surface area (TPSA) is 84.5 Å². The number of nitrogens with one attached hydrogen (secondary N) is 2. The molecule has 0 aliphatic heterocycles. The van der Waals surface area contributed by atoms with Crippen molar-refractivity contribution in [3.63, 3.8) is 0 Å². The molecule has 1 amide bonds. The molecule has 3 aromatic rings. The molecule has 3 rings (SSSR count). The quantitative estimate of drug-likeness (QED) is 0.532. The Balaban J connectivity index is 1.49. The second-order valence-electron chi connectivity index (χ2n) is 7.24. The van der Waals surface area contributed by atoms with Crippen molar-refractivity contribution in [1.82, 2.24) is 4.72 Å². The summed E-state index contributed by atoms with van der Waals surface area (Å²) in [6.45, 7) is 4.12. The minimum absolute atomic E-state index is 0.146. The molecule has 0 saturated carbocycles. The van der Waals surface area contributed by atoms with Crippen LogP contribution in [0.25, 0.3) is 0 Å². The van der Waals surface area contributed by atoms with Crippen molar-refractivity contribution < 1.29 is 17.9 Å². The molecule has 0 aromatic heterocycles. The van der Waals surface area contributed by atoms with E-state index >= 15 is 0 Å².